The lowest BCUT2D eigenvalue weighted by molar-refractivity contribution is -0.137. The molecule has 2 aromatic rings. The maximum Gasteiger partial charge on any atom is 0.416 e. The van der Waals surface area contributed by atoms with Crippen LogP contribution >= 0.6 is 0 Å². The van der Waals surface area contributed by atoms with Gasteiger partial charge in [-0.3, -0.25) is 4.98 Å². The molecular weight excluding hydrogens is 321 g/mol. The summed E-state index contributed by atoms with van der Waals surface area (Å²) in [7, 11) is 0. The normalized spacial score (nSPS) is 14.2. The van der Waals surface area contributed by atoms with Crippen molar-refractivity contribution in [3.05, 3.63) is 59.9 Å². The van der Waals surface area contributed by atoms with Crippen molar-refractivity contribution in [1.29, 1.82) is 0 Å². The molecule has 24 heavy (non-hydrogen) atoms. The van der Waals surface area contributed by atoms with Crippen molar-refractivity contribution in [2.24, 2.45) is 0 Å². The maximum atomic E-state index is 12.6. The molecule has 0 saturated heterocycles. The zero-order chi connectivity index (χ0) is 17.6. The molecule has 0 radical (unpaired) electrons. The monoisotopic (exact) mass is 340 g/mol. The van der Waals surface area contributed by atoms with Gasteiger partial charge in [0.25, 0.3) is 0 Å². The minimum absolute atomic E-state index is 0.0121. The number of pyridine rings is 1. The highest BCUT2D eigenvalue weighted by Crippen LogP contribution is 2.31. The third-order valence-electron chi connectivity index (χ3n) is 3.45. The summed E-state index contributed by atoms with van der Waals surface area (Å²) < 4.78 is 43.1. The number of rotatable bonds is 7. The summed E-state index contributed by atoms with van der Waals surface area (Å²) in [5, 5.41) is 13.0. The number of hydrogen-bond donors (Lipinski definition) is 2. The van der Waals surface area contributed by atoms with Gasteiger partial charge < -0.3 is 15.2 Å². The van der Waals surface area contributed by atoms with Gasteiger partial charge in [-0.15, -0.1) is 0 Å². The van der Waals surface area contributed by atoms with Gasteiger partial charge in [-0.25, -0.2) is 0 Å². The molecule has 2 rings (SSSR count). The van der Waals surface area contributed by atoms with Gasteiger partial charge in [0.05, 0.1) is 5.56 Å². The van der Waals surface area contributed by atoms with E-state index in [1.54, 1.807) is 12.4 Å². The molecule has 130 valence electrons. The molecule has 0 aliphatic heterocycles. The maximum absolute atomic E-state index is 12.6. The number of nitrogens with zero attached hydrogens (tertiary/aromatic N) is 1. The van der Waals surface area contributed by atoms with Crippen molar-refractivity contribution < 1.29 is 23.0 Å². The Kier molecular flexibility index (Phi) is 6.16. The summed E-state index contributed by atoms with van der Waals surface area (Å²) in [6.45, 7) is 2.07. The molecular formula is C17H19F3N2O2. The van der Waals surface area contributed by atoms with Crippen LogP contribution in [0.15, 0.2) is 48.8 Å². The molecule has 1 aromatic heterocycles. The topological polar surface area (TPSA) is 54.4 Å². The highest BCUT2D eigenvalue weighted by atomic mass is 19.4. The molecule has 2 unspecified atom stereocenters. The van der Waals surface area contributed by atoms with Crippen LogP contribution in [0, 0.1) is 0 Å². The first-order valence-corrected chi connectivity index (χ1v) is 7.47. The molecule has 0 fully saturated rings. The summed E-state index contributed by atoms with van der Waals surface area (Å²) >= 11 is 0. The SMILES string of the molecule is CC(NCC(O)COc1cccc(C(F)(F)F)c1)c1cccnc1. The second-order valence-electron chi connectivity index (χ2n) is 5.41. The van der Waals surface area contributed by atoms with Crippen LogP contribution in [-0.4, -0.2) is 29.3 Å². The standard InChI is InChI=1S/C17H19F3N2O2/c1-12(13-4-3-7-21-9-13)22-10-15(23)11-24-16-6-2-5-14(8-16)17(18,19)20/h2-9,12,15,22-23H,10-11H2,1H3. The molecule has 0 amide bonds. The van der Waals surface area contributed by atoms with Gasteiger partial charge in [-0.05, 0) is 36.8 Å². The van der Waals surface area contributed by atoms with E-state index in [1.165, 1.54) is 12.1 Å². The molecule has 7 heteroatoms. The lowest BCUT2D eigenvalue weighted by Gasteiger charge is -2.18. The van der Waals surface area contributed by atoms with Crippen molar-refractivity contribution in [1.82, 2.24) is 10.3 Å². The van der Waals surface area contributed by atoms with Crippen LogP contribution in [0.1, 0.15) is 24.1 Å². The third-order valence-corrected chi connectivity index (χ3v) is 3.45. The number of aromatic nitrogens is 1. The van der Waals surface area contributed by atoms with Gasteiger partial charge in [0, 0.05) is 25.0 Å². The number of aliphatic hydroxyl groups excluding tert-OH is 1. The van der Waals surface area contributed by atoms with Crippen LogP contribution in [0.2, 0.25) is 0 Å². The van der Waals surface area contributed by atoms with Crippen LogP contribution in [0.4, 0.5) is 13.2 Å². The van der Waals surface area contributed by atoms with Gasteiger partial charge in [0.2, 0.25) is 0 Å². The van der Waals surface area contributed by atoms with E-state index in [4.69, 9.17) is 4.74 Å². The van der Waals surface area contributed by atoms with E-state index in [1.807, 2.05) is 19.1 Å². The van der Waals surface area contributed by atoms with Crippen molar-refractivity contribution in [3.8, 4) is 5.75 Å². The Balaban J connectivity index is 1.80. The fraction of sp³-hybridized carbons (Fsp3) is 0.353. The summed E-state index contributed by atoms with van der Waals surface area (Å²) in [6, 6.07) is 8.30. The summed E-state index contributed by atoms with van der Waals surface area (Å²) in [5.74, 6) is 0.0733. The zero-order valence-corrected chi connectivity index (χ0v) is 13.1. The lowest BCUT2D eigenvalue weighted by atomic mass is 10.1. The minimum atomic E-state index is -4.42. The Morgan fingerprint density at radius 3 is 2.71 bits per heavy atom. The first-order chi connectivity index (χ1) is 11.4. The summed E-state index contributed by atoms with van der Waals surface area (Å²) in [6.07, 6.45) is -1.87. The number of benzene rings is 1. The van der Waals surface area contributed by atoms with Crippen LogP contribution in [-0.2, 0) is 6.18 Å². The summed E-state index contributed by atoms with van der Waals surface area (Å²) in [4.78, 5) is 4.02. The average Bonchev–Trinajstić information content (AvgIpc) is 2.58. The first-order valence-electron chi connectivity index (χ1n) is 7.47. The molecule has 0 aliphatic rings. The smallest absolute Gasteiger partial charge is 0.416 e. The predicted molar refractivity (Wildman–Crippen MR) is 83.6 cm³/mol. The molecule has 1 aromatic carbocycles. The second kappa shape index (κ2) is 8.12. The highest BCUT2D eigenvalue weighted by molar-refractivity contribution is 5.30. The van der Waals surface area contributed by atoms with E-state index in [0.29, 0.717) is 0 Å². The average molecular weight is 340 g/mol. The summed E-state index contributed by atoms with van der Waals surface area (Å²) in [5.41, 5.74) is 0.196. The number of aliphatic hydroxyl groups is 1. The van der Waals surface area contributed by atoms with Crippen molar-refractivity contribution in [3.63, 3.8) is 0 Å². The van der Waals surface area contributed by atoms with Gasteiger partial charge >= 0.3 is 6.18 Å². The van der Waals surface area contributed by atoms with E-state index in [0.717, 1.165) is 17.7 Å². The van der Waals surface area contributed by atoms with Crippen LogP contribution in [0.3, 0.4) is 0 Å². The fourth-order valence-corrected chi connectivity index (χ4v) is 2.08. The van der Waals surface area contributed by atoms with E-state index >= 15 is 0 Å². The van der Waals surface area contributed by atoms with E-state index in [-0.39, 0.29) is 24.9 Å². The molecule has 2 atom stereocenters. The van der Waals surface area contributed by atoms with Crippen molar-refractivity contribution in [2.45, 2.75) is 25.2 Å². The van der Waals surface area contributed by atoms with E-state index < -0.39 is 17.8 Å². The van der Waals surface area contributed by atoms with Gasteiger partial charge in [-0.1, -0.05) is 12.1 Å². The van der Waals surface area contributed by atoms with E-state index in [2.05, 4.69) is 10.3 Å². The van der Waals surface area contributed by atoms with Gasteiger partial charge in [0.1, 0.15) is 18.5 Å². The Bertz CT molecular complexity index is 635. The molecule has 0 spiro atoms. The van der Waals surface area contributed by atoms with Crippen molar-refractivity contribution in [2.75, 3.05) is 13.2 Å². The Hall–Kier alpha value is -2.12. The second-order valence-corrected chi connectivity index (χ2v) is 5.41. The number of halogens is 3. The molecule has 1 heterocycles. The highest BCUT2D eigenvalue weighted by Gasteiger charge is 2.30. The molecule has 0 bridgehead atoms. The molecule has 4 nitrogen and oxygen atoms in total. The Morgan fingerprint density at radius 2 is 2.04 bits per heavy atom. The van der Waals surface area contributed by atoms with Crippen LogP contribution < -0.4 is 10.1 Å². The number of hydrogen-bond acceptors (Lipinski definition) is 4. The van der Waals surface area contributed by atoms with Crippen LogP contribution in [0.25, 0.3) is 0 Å². The zero-order valence-electron chi connectivity index (χ0n) is 13.1. The number of nitrogens with one attached hydrogen (secondary N) is 1. The molecule has 0 aliphatic carbocycles. The van der Waals surface area contributed by atoms with Gasteiger partial charge in [-0.2, -0.15) is 13.2 Å². The lowest BCUT2D eigenvalue weighted by Crippen LogP contribution is -2.33. The van der Waals surface area contributed by atoms with Crippen LogP contribution in [0.5, 0.6) is 5.75 Å². The third kappa shape index (κ3) is 5.50. The first kappa shape index (κ1) is 18.2. The largest absolute Gasteiger partial charge is 0.491 e. The molecule has 0 saturated carbocycles. The van der Waals surface area contributed by atoms with Crippen molar-refractivity contribution >= 4 is 0 Å². The number of ether oxygens (including phenoxy) is 1. The van der Waals surface area contributed by atoms with Gasteiger partial charge in [0.15, 0.2) is 0 Å². The quantitative estimate of drug-likeness (QED) is 0.813. The fourth-order valence-electron chi connectivity index (χ4n) is 2.08. The Morgan fingerprint density at radius 1 is 1.25 bits per heavy atom. The number of alkyl halides is 3. The van der Waals surface area contributed by atoms with E-state index in [9.17, 15) is 18.3 Å². The molecule has 2 N–H and O–H groups in total. The Labute approximate surface area is 138 Å². The minimum Gasteiger partial charge on any atom is -0.491 e. The predicted octanol–water partition coefficient (Wildman–Crippen LogP) is 3.19.